The van der Waals surface area contributed by atoms with Crippen LogP contribution in [0.25, 0.3) is 0 Å². The molecule has 2 heteroatoms. The van der Waals surface area contributed by atoms with Gasteiger partial charge in [0.25, 0.3) is 0 Å². The lowest BCUT2D eigenvalue weighted by atomic mass is 10.2. The molecule has 0 fully saturated rings. The van der Waals surface area contributed by atoms with E-state index in [4.69, 9.17) is 5.11 Å². The topological polar surface area (TPSA) is 20.2 Å². The molecule has 1 N–H and O–H groups in total. The van der Waals surface area contributed by atoms with Gasteiger partial charge >= 0.3 is 0 Å². The van der Waals surface area contributed by atoms with Gasteiger partial charge in [-0.05, 0) is 0 Å². The van der Waals surface area contributed by atoms with E-state index >= 15 is 0 Å². The number of alkyl halides is 1. The van der Waals surface area contributed by atoms with E-state index in [9.17, 15) is 4.39 Å². The van der Waals surface area contributed by atoms with Crippen LogP contribution in [-0.4, -0.2) is 18.4 Å². The highest BCUT2D eigenvalue weighted by atomic mass is 19.1. The van der Waals surface area contributed by atoms with Gasteiger partial charge in [-0.25, -0.2) is 0 Å². The quantitative estimate of drug-likeness (QED) is 0.528. The summed E-state index contributed by atoms with van der Waals surface area (Å²) in [4.78, 5) is 0. The third-order valence-electron chi connectivity index (χ3n) is 0.575. The Morgan fingerprint density at radius 3 is 2.33 bits per heavy atom. The van der Waals surface area contributed by atoms with E-state index in [-0.39, 0.29) is 12.5 Å². The van der Waals surface area contributed by atoms with Gasteiger partial charge in [0.05, 0.1) is 6.67 Å². The van der Waals surface area contributed by atoms with Crippen LogP contribution in [0.1, 0.15) is 6.92 Å². The lowest BCUT2D eigenvalue weighted by Crippen LogP contribution is -2.00. The molecule has 0 aliphatic carbocycles. The summed E-state index contributed by atoms with van der Waals surface area (Å²) in [7, 11) is 0. The Bertz CT molecular complexity index is 26.7. The molecule has 1 unspecified atom stereocenters. The summed E-state index contributed by atoms with van der Waals surface area (Å²) < 4.78 is 11.2. The average Bonchev–Trinajstić information content (AvgIpc) is 1.65. The number of halogens is 1. The summed E-state index contributed by atoms with van der Waals surface area (Å²) >= 11 is 0. The maximum atomic E-state index is 11.2. The van der Waals surface area contributed by atoms with E-state index in [1.807, 2.05) is 0 Å². The van der Waals surface area contributed by atoms with Crippen LogP contribution in [0, 0.1) is 5.92 Å². The minimum Gasteiger partial charge on any atom is -0.396 e. The molecule has 0 saturated carbocycles. The number of hydrogen-bond donors (Lipinski definition) is 1. The maximum absolute atomic E-state index is 11.2. The van der Waals surface area contributed by atoms with Gasteiger partial charge in [0, 0.05) is 12.5 Å². The lowest BCUT2D eigenvalue weighted by molar-refractivity contribution is 0.210. The van der Waals surface area contributed by atoms with Gasteiger partial charge in [0.15, 0.2) is 0 Å². The van der Waals surface area contributed by atoms with E-state index in [0.717, 1.165) is 0 Å². The molecular formula is C4H9FO. The molecule has 0 aromatic rings. The third-order valence-corrected chi connectivity index (χ3v) is 0.575. The first-order valence-electron chi connectivity index (χ1n) is 1.98. The van der Waals surface area contributed by atoms with Crippen molar-refractivity contribution in [1.82, 2.24) is 0 Å². The summed E-state index contributed by atoms with van der Waals surface area (Å²) in [5.41, 5.74) is 0. The molecule has 0 aromatic carbocycles. The Morgan fingerprint density at radius 1 is 1.83 bits per heavy atom. The smallest absolute Gasteiger partial charge is 0.0941 e. The molecule has 1 nitrogen and oxygen atoms in total. The number of aliphatic hydroxyl groups excluding tert-OH is 1. The van der Waals surface area contributed by atoms with Crippen LogP contribution in [0.5, 0.6) is 0 Å². The van der Waals surface area contributed by atoms with Crippen LogP contribution in [0.15, 0.2) is 0 Å². The van der Waals surface area contributed by atoms with Gasteiger partial charge in [-0.15, -0.1) is 0 Å². The molecule has 0 radical (unpaired) electrons. The van der Waals surface area contributed by atoms with Crippen molar-refractivity contribution in [3.8, 4) is 0 Å². The van der Waals surface area contributed by atoms with Crippen molar-refractivity contribution in [3.05, 3.63) is 0 Å². The van der Waals surface area contributed by atoms with Crippen LogP contribution in [0.2, 0.25) is 0 Å². The fourth-order valence-corrected chi connectivity index (χ4v) is 0.0488. The summed E-state index contributed by atoms with van der Waals surface area (Å²) in [5.74, 6) is -0.176. The zero-order chi connectivity index (χ0) is 4.99. The summed E-state index contributed by atoms with van der Waals surface area (Å²) in [6.07, 6.45) is 0. The van der Waals surface area contributed by atoms with Gasteiger partial charge in [0.2, 0.25) is 0 Å². The van der Waals surface area contributed by atoms with E-state index < -0.39 is 6.67 Å². The van der Waals surface area contributed by atoms with Crippen molar-refractivity contribution >= 4 is 0 Å². The van der Waals surface area contributed by atoms with E-state index in [1.54, 1.807) is 6.92 Å². The van der Waals surface area contributed by atoms with Crippen LogP contribution < -0.4 is 0 Å². The van der Waals surface area contributed by atoms with Gasteiger partial charge in [0.1, 0.15) is 0 Å². The van der Waals surface area contributed by atoms with Crippen LogP contribution in [0.3, 0.4) is 0 Å². The van der Waals surface area contributed by atoms with Gasteiger partial charge in [-0.1, -0.05) is 6.92 Å². The second-order valence-corrected chi connectivity index (χ2v) is 1.44. The Balaban J connectivity index is 2.75. The first-order chi connectivity index (χ1) is 2.81. The lowest BCUT2D eigenvalue weighted by Gasteiger charge is -1.95. The standard InChI is InChI=1S/C4H9FO/c1-4(2-5)3-6/h4,6H,2-3H2,1H3. The Labute approximate surface area is 36.8 Å². The highest BCUT2D eigenvalue weighted by Gasteiger charge is 1.93. The van der Waals surface area contributed by atoms with Crippen molar-refractivity contribution in [2.24, 2.45) is 5.92 Å². The molecule has 0 aromatic heterocycles. The molecule has 0 amide bonds. The molecule has 0 heterocycles. The first kappa shape index (κ1) is 5.89. The number of rotatable bonds is 2. The Morgan fingerprint density at radius 2 is 2.33 bits per heavy atom. The van der Waals surface area contributed by atoms with Crippen molar-refractivity contribution in [2.75, 3.05) is 13.3 Å². The molecule has 0 bridgehead atoms. The van der Waals surface area contributed by atoms with Gasteiger partial charge in [-0.2, -0.15) is 0 Å². The molecule has 0 aliphatic rings. The van der Waals surface area contributed by atoms with Crippen LogP contribution >= 0.6 is 0 Å². The minimum absolute atomic E-state index is 0.0451. The van der Waals surface area contributed by atoms with Gasteiger partial charge < -0.3 is 5.11 Å². The Hall–Kier alpha value is -0.110. The SMILES string of the molecule is CC(CO)CF. The van der Waals surface area contributed by atoms with Crippen LogP contribution in [0.4, 0.5) is 4.39 Å². The van der Waals surface area contributed by atoms with Crippen molar-refractivity contribution in [1.29, 1.82) is 0 Å². The molecule has 1 atom stereocenters. The highest BCUT2D eigenvalue weighted by Crippen LogP contribution is 1.89. The number of aliphatic hydroxyl groups is 1. The second kappa shape index (κ2) is 3.09. The molecule has 38 valence electrons. The zero-order valence-electron chi connectivity index (χ0n) is 3.82. The molecular weight excluding hydrogens is 83.0 g/mol. The van der Waals surface area contributed by atoms with Crippen LogP contribution in [-0.2, 0) is 0 Å². The summed E-state index contributed by atoms with van der Waals surface area (Å²) in [5, 5.41) is 8.09. The van der Waals surface area contributed by atoms with Crippen molar-refractivity contribution < 1.29 is 9.50 Å². The maximum Gasteiger partial charge on any atom is 0.0941 e. The molecule has 0 spiro atoms. The Kier molecular flexibility index (Phi) is 3.04. The highest BCUT2D eigenvalue weighted by molar-refractivity contribution is 4.42. The predicted octanol–water partition coefficient (Wildman–Crippen LogP) is 0.584. The summed E-state index contributed by atoms with van der Waals surface area (Å²) in [6, 6.07) is 0. The molecule has 6 heavy (non-hydrogen) atoms. The molecule has 0 rings (SSSR count). The van der Waals surface area contributed by atoms with Crippen molar-refractivity contribution in [3.63, 3.8) is 0 Å². The fraction of sp³-hybridized carbons (Fsp3) is 1.00. The van der Waals surface area contributed by atoms with E-state index in [2.05, 4.69) is 0 Å². The fourth-order valence-electron chi connectivity index (χ4n) is 0.0488. The van der Waals surface area contributed by atoms with E-state index in [0.29, 0.717) is 0 Å². The summed E-state index contributed by atoms with van der Waals surface area (Å²) in [6.45, 7) is 1.19. The normalized spacial score (nSPS) is 14.5. The predicted molar refractivity (Wildman–Crippen MR) is 22.2 cm³/mol. The number of hydrogen-bond acceptors (Lipinski definition) is 1. The zero-order valence-corrected chi connectivity index (χ0v) is 3.82. The molecule has 0 saturated heterocycles. The van der Waals surface area contributed by atoms with E-state index in [1.165, 1.54) is 0 Å². The minimum atomic E-state index is -0.420. The monoisotopic (exact) mass is 92.1 g/mol. The first-order valence-corrected chi connectivity index (χ1v) is 1.98. The third kappa shape index (κ3) is 2.15. The molecule has 0 aliphatic heterocycles. The van der Waals surface area contributed by atoms with Gasteiger partial charge in [-0.3, -0.25) is 4.39 Å². The second-order valence-electron chi connectivity index (χ2n) is 1.44. The average molecular weight is 92.1 g/mol. The van der Waals surface area contributed by atoms with Crippen molar-refractivity contribution in [2.45, 2.75) is 6.92 Å². The largest absolute Gasteiger partial charge is 0.396 e.